The smallest absolute Gasteiger partial charge is 0.234 e. The van der Waals surface area contributed by atoms with Gasteiger partial charge in [0.05, 0.1) is 12.0 Å². The van der Waals surface area contributed by atoms with E-state index in [9.17, 15) is 23.2 Å². The SMILES string of the molecule is C1CCNC1.CC(=O)NC1CN(c2cc(F)c(C3CCC(=O)NC3=O)c(F)c2)C1.CC1CC1. The Morgan fingerprint density at radius 2 is 1.64 bits per heavy atom. The van der Waals surface area contributed by atoms with Crippen LogP contribution in [0.1, 0.15) is 63.9 Å². The van der Waals surface area contributed by atoms with Gasteiger partial charge in [-0.25, -0.2) is 8.78 Å². The molecule has 3 saturated heterocycles. The Kier molecular flexibility index (Phi) is 8.77. The number of carbonyl (C=O) groups excluding carboxylic acids is 3. The molecule has 1 unspecified atom stereocenters. The fourth-order valence-electron chi connectivity index (χ4n) is 3.92. The van der Waals surface area contributed by atoms with E-state index in [-0.39, 0.29) is 30.4 Å². The summed E-state index contributed by atoms with van der Waals surface area (Å²) in [5.41, 5.74) is 0.0605. The minimum Gasteiger partial charge on any atom is -0.367 e. The molecule has 0 aromatic heterocycles. The molecule has 9 heteroatoms. The Bertz CT molecular complexity index is 835. The second kappa shape index (κ2) is 11.5. The molecule has 0 bridgehead atoms. The number of rotatable bonds is 3. The van der Waals surface area contributed by atoms with Crippen LogP contribution in [0, 0.1) is 17.6 Å². The number of hydrogen-bond acceptors (Lipinski definition) is 5. The van der Waals surface area contributed by atoms with E-state index in [1.165, 1.54) is 57.8 Å². The number of benzene rings is 1. The molecule has 1 aromatic carbocycles. The third-order valence-corrected chi connectivity index (χ3v) is 6.13. The maximum atomic E-state index is 14.4. The molecular formula is C24H34F2N4O3. The molecule has 4 aliphatic rings. The first-order chi connectivity index (χ1) is 15.7. The van der Waals surface area contributed by atoms with Crippen LogP contribution in [0.2, 0.25) is 0 Å². The summed E-state index contributed by atoms with van der Waals surface area (Å²) in [6.45, 7) is 7.13. The van der Waals surface area contributed by atoms with Crippen molar-refractivity contribution in [2.45, 2.75) is 64.3 Å². The molecule has 1 aliphatic carbocycles. The van der Waals surface area contributed by atoms with Crippen molar-refractivity contribution in [3.63, 3.8) is 0 Å². The molecule has 3 N–H and O–H groups in total. The van der Waals surface area contributed by atoms with Crippen molar-refractivity contribution in [3.05, 3.63) is 29.3 Å². The number of amides is 3. The van der Waals surface area contributed by atoms with Crippen LogP contribution in [0.15, 0.2) is 12.1 Å². The van der Waals surface area contributed by atoms with Gasteiger partial charge >= 0.3 is 0 Å². The van der Waals surface area contributed by atoms with Gasteiger partial charge in [0.1, 0.15) is 11.6 Å². The quantitative estimate of drug-likeness (QED) is 0.599. The molecule has 3 aliphatic heterocycles. The molecular weight excluding hydrogens is 430 g/mol. The van der Waals surface area contributed by atoms with Gasteiger partial charge in [-0.05, 0) is 50.4 Å². The number of anilines is 1. The number of halogens is 2. The van der Waals surface area contributed by atoms with Gasteiger partial charge in [-0.1, -0.05) is 19.8 Å². The van der Waals surface area contributed by atoms with Crippen LogP contribution in [0.25, 0.3) is 0 Å². The number of piperidine rings is 1. The fraction of sp³-hybridized carbons (Fsp3) is 0.625. The second-order valence-electron chi connectivity index (χ2n) is 9.27. The van der Waals surface area contributed by atoms with Crippen LogP contribution in [-0.4, -0.2) is 49.9 Å². The molecule has 5 rings (SSSR count). The monoisotopic (exact) mass is 464 g/mol. The average Bonchev–Trinajstić information content (AvgIpc) is 3.27. The maximum Gasteiger partial charge on any atom is 0.234 e. The summed E-state index contributed by atoms with van der Waals surface area (Å²) in [6.07, 6.45) is 5.90. The summed E-state index contributed by atoms with van der Waals surface area (Å²) < 4.78 is 28.8. The summed E-state index contributed by atoms with van der Waals surface area (Å²) in [5, 5.41) is 8.05. The molecule has 1 saturated carbocycles. The molecule has 33 heavy (non-hydrogen) atoms. The third kappa shape index (κ3) is 7.48. The zero-order valence-electron chi connectivity index (χ0n) is 19.4. The zero-order chi connectivity index (χ0) is 24.0. The Morgan fingerprint density at radius 3 is 2.06 bits per heavy atom. The summed E-state index contributed by atoms with van der Waals surface area (Å²) in [4.78, 5) is 35.7. The summed E-state index contributed by atoms with van der Waals surface area (Å²) in [5.74, 6) is -2.78. The predicted molar refractivity (Wildman–Crippen MR) is 122 cm³/mol. The van der Waals surface area contributed by atoms with Gasteiger partial charge in [0.2, 0.25) is 17.7 Å². The first kappa shape index (κ1) is 25.1. The highest BCUT2D eigenvalue weighted by Crippen LogP contribution is 2.33. The van der Waals surface area contributed by atoms with E-state index in [1.54, 1.807) is 4.90 Å². The molecule has 7 nitrogen and oxygen atoms in total. The fourth-order valence-corrected chi connectivity index (χ4v) is 3.92. The van der Waals surface area contributed by atoms with Gasteiger partial charge < -0.3 is 15.5 Å². The lowest BCUT2D eigenvalue weighted by molar-refractivity contribution is -0.134. The first-order valence-corrected chi connectivity index (χ1v) is 11.8. The minimum atomic E-state index is -1.000. The van der Waals surface area contributed by atoms with E-state index in [4.69, 9.17) is 0 Å². The van der Waals surface area contributed by atoms with Crippen LogP contribution in [0.3, 0.4) is 0 Å². The standard InChI is InChI=1S/C16H17F2N3O3.C4H9N.C4H8/c1-8(22)19-9-6-21(7-9)10-4-12(17)15(13(18)5-10)11-2-3-14(23)20-16(11)24;1-2-4-5-3-1;1-4-2-3-4/h4-5,9,11H,2-3,6-7H2,1H3,(H,19,22)(H,20,23,24);5H,1-4H2;4H,2-3H2,1H3. The highest BCUT2D eigenvalue weighted by atomic mass is 19.1. The molecule has 1 aromatic rings. The number of hydrogen-bond donors (Lipinski definition) is 3. The van der Waals surface area contributed by atoms with Crippen LogP contribution in [-0.2, 0) is 14.4 Å². The van der Waals surface area contributed by atoms with Gasteiger partial charge in [-0.15, -0.1) is 0 Å². The van der Waals surface area contributed by atoms with Crippen molar-refractivity contribution >= 4 is 23.4 Å². The normalized spacial score (nSPS) is 22.3. The van der Waals surface area contributed by atoms with Crippen molar-refractivity contribution in [2.75, 3.05) is 31.1 Å². The number of nitrogens with zero attached hydrogens (tertiary/aromatic N) is 1. The Balaban J connectivity index is 0.000000280. The van der Waals surface area contributed by atoms with E-state index >= 15 is 0 Å². The van der Waals surface area contributed by atoms with Crippen molar-refractivity contribution in [2.24, 2.45) is 5.92 Å². The third-order valence-electron chi connectivity index (χ3n) is 6.13. The highest BCUT2D eigenvalue weighted by molar-refractivity contribution is 6.01. The molecule has 3 heterocycles. The summed E-state index contributed by atoms with van der Waals surface area (Å²) in [7, 11) is 0. The predicted octanol–water partition coefficient (Wildman–Crippen LogP) is 2.60. The Morgan fingerprint density at radius 1 is 1.06 bits per heavy atom. The Hall–Kier alpha value is -2.55. The molecule has 0 spiro atoms. The maximum absolute atomic E-state index is 14.4. The molecule has 0 radical (unpaired) electrons. The van der Waals surface area contributed by atoms with E-state index in [2.05, 4.69) is 22.9 Å². The van der Waals surface area contributed by atoms with Crippen LogP contribution >= 0.6 is 0 Å². The largest absolute Gasteiger partial charge is 0.367 e. The van der Waals surface area contributed by atoms with Crippen LogP contribution < -0.4 is 20.9 Å². The van der Waals surface area contributed by atoms with E-state index in [0.29, 0.717) is 18.8 Å². The van der Waals surface area contributed by atoms with Gasteiger partial charge in [0.15, 0.2) is 0 Å². The molecule has 4 fully saturated rings. The molecule has 182 valence electrons. The number of carbonyl (C=O) groups is 3. The van der Waals surface area contributed by atoms with Crippen LogP contribution in [0.4, 0.5) is 14.5 Å². The lowest BCUT2D eigenvalue weighted by atomic mass is 9.89. The lowest BCUT2D eigenvalue weighted by Gasteiger charge is -2.41. The summed E-state index contributed by atoms with van der Waals surface area (Å²) >= 11 is 0. The average molecular weight is 465 g/mol. The van der Waals surface area contributed by atoms with Gasteiger partial charge in [-0.2, -0.15) is 0 Å². The van der Waals surface area contributed by atoms with Crippen LogP contribution in [0.5, 0.6) is 0 Å². The zero-order valence-corrected chi connectivity index (χ0v) is 19.4. The lowest BCUT2D eigenvalue weighted by Crippen LogP contribution is -2.59. The molecule has 3 amide bonds. The number of imide groups is 1. The van der Waals surface area contributed by atoms with Crippen molar-refractivity contribution in [1.29, 1.82) is 0 Å². The van der Waals surface area contributed by atoms with E-state index < -0.39 is 29.4 Å². The van der Waals surface area contributed by atoms with E-state index in [0.717, 1.165) is 5.92 Å². The van der Waals surface area contributed by atoms with Crippen molar-refractivity contribution < 1.29 is 23.2 Å². The minimum absolute atomic E-state index is 0.0385. The number of nitrogens with one attached hydrogen (secondary N) is 3. The Labute approximate surface area is 193 Å². The van der Waals surface area contributed by atoms with Crippen molar-refractivity contribution in [1.82, 2.24) is 16.0 Å². The van der Waals surface area contributed by atoms with Gasteiger partial charge in [-0.3, -0.25) is 19.7 Å². The van der Waals surface area contributed by atoms with Gasteiger partial charge in [0, 0.05) is 37.7 Å². The van der Waals surface area contributed by atoms with Crippen molar-refractivity contribution in [3.8, 4) is 0 Å². The first-order valence-electron chi connectivity index (χ1n) is 11.8. The van der Waals surface area contributed by atoms with E-state index in [1.807, 2.05) is 0 Å². The topological polar surface area (TPSA) is 90.5 Å². The van der Waals surface area contributed by atoms with Gasteiger partial charge in [0.25, 0.3) is 0 Å². The summed E-state index contributed by atoms with van der Waals surface area (Å²) in [6, 6.07) is 2.33. The highest BCUT2D eigenvalue weighted by Gasteiger charge is 2.34. The molecule has 1 atom stereocenters. The second-order valence-corrected chi connectivity index (χ2v) is 9.27.